The van der Waals surface area contributed by atoms with Crippen molar-refractivity contribution in [3.8, 4) is 0 Å². The van der Waals surface area contributed by atoms with Gasteiger partial charge in [0.1, 0.15) is 0 Å². The number of hydrogen-bond acceptors (Lipinski definition) is 0. The number of hydrogen-bond donors (Lipinski definition) is 0. The summed E-state index contributed by atoms with van der Waals surface area (Å²) < 4.78 is 0. The predicted octanol–water partition coefficient (Wildman–Crippen LogP) is 2.42. The van der Waals surface area contributed by atoms with Crippen molar-refractivity contribution >= 4 is 0 Å². The minimum Gasteiger partial charge on any atom is -0.273 e. The quantitative estimate of drug-likeness (QED) is 0.497. The molecule has 0 spiro atoms. The van der Waals surface area contributed by atoms with Crippen molar-refractivity contribution in [3.05, 3.63) is 48.6 Å². The normalized spacial score (nSPS) is 15.2. The van der Waals surface area contributed by atoms with Crippen LogP contribution in [0.15, 0.2) is 42.5 Å². The molecule has 0 nitrogen and oxygen atoms in total. The maximum atomic E-state index is 2.99. The van der Waals surface area contributed by atoms with Gasteiger partial charge in [-0.2, -0.15) is 6.08 Å². The molecule has 0 fully saturated rings. The van der Waals surface area contributed by atoms with E-state index < -0.39 is 0 Å². The van der Waals surface area contributed by atoms with Gasteiger partial charge in [-0.3, -0.25) is 6.08 Å². The predicted molar refractivity (Wildman–Crippen MR) is 39.9 cm³/mol. The molecule has 2 aliphatic carbocycles. The summed E-state index contributed by atoms with van der Waals surface area (Å²) in [5.74, 6) is 0. The SMILES string of the molecule is C1=CC=C1.[C-]1=CC=CC1.[Co]. The Morgan fingerprint density at radius 1 is 0.900 bits per heavy atom. The smallest absolute Gasteiger partial charge is 0 e. The molecule has 0 saturated heterocycles. The van der Waals surface area contributed by atoms with Crippen LogP contribution < -0.4 is 0 Å². The van der Waals surface area contributed by atoms with Gasteiger partial charge < -0.3 is 0 Å². The molecule has 0 aromatic rings. The molecule has 0 atom stereocenters. The molecular weight excluding hydrogens is 167 g/mol. The van der Waals surface area contributed by atoms with Crippen molar-refractivity contribution in [2.75, 3.05) is 0 Å². The summed E-state index contributed by atoms with van der Waals surface area (Å²) in [7, 11) is 0. The summed E-state index contributed by atoms with van der Waals surface area (Å²) >= 11 is 0. The van der Waals surface area contributed by atoms with Crippen LogP contribution in [-0.4, -0.2) is 0 Å². The van der Waals surface area contributed by atoms with E-state index >= 15 is 0 Å². The first-order valence-corrected chi connectivity index (χ1v) is 3.05. The second-order valence-corrected chi connectivity index (χ2v) is 1.77. The molecule has 0 aromatic heterocycles. The van der Waals surface area contributed by atoms with Crippen molar-refractivity contribution in [2.45, 2.75) is 6.42 Å². The molecule has 1 heteroatoms. The van der Waals surface area contributed by atoms with Crippen LogP contribution in [0.2, 0.25) is 0 Å². The van der Waals surface area contributed by atoms with Gasteiger partial charge in [-0.05, 0) is 0 Å². The van der Waals surface area contributed by atoms with E-state index in [0.29, 0.717) is 0 Å². The average molecular weight is 176 g/mol. The van der Waals surface area contributed by atoms with Gasteiger partial charge in [0.05, 0.1) is 0 Å². The van der Waals surface area contributed by atoms with E-state index in [1.807, 2.05) is 36.5 Å². The molecule has 0 saturated carbocycles. The molecular formula is C9H9Co-. The zero-order valence-corrected chi connectivity index (χ0v) is 6.62. The van der Waals surface area contributed by atoms with Gasteiger partial charge in [-0.25, -0.2) is 12.2 Å². The third-order valence-corrected chi connectivity index (χ3v) is 1.03. The summed E-state index contributed by atoms with van der Waals surface area (Å²) in [4.78, 5) is 0. The molecule has 2 rings (SSSR count). The van der Waals surface area contributed by atoms with Gasteiger partial charge in [-0.1, -0.05) is 24.3 Å². The number of allylic oxidation sites excluding steroid dienone is 8. The molecule has 0 unspecified atom stereocenters. The van der Waals surface area contributed by atoms with E-state index in [9.17, 15) is 0 Å². The van der Waals surface area contributed by atoms with Gasteiger partial charge in [-0.15, -0.1) is 6.42 Å². The van der Waals surface area contributed by atoms with E-state index in [4.69, 9.17) is 0 Å². The zero-order valence-electron chi connectivity index (χ0n) is 5.58. The molecule has 0 amide bonds. The second-order valence-electron chi connectivity index (χ2n) is 1.77. The zero-order chi connectivity index (χ0) is 6.36. The fourth-order valence-corrected chi connectivity index (χ4v) is 0.451. The second kappa shape index (κ2) is 6.58. The summed E-state index contributed by atoms with van der Waals surface area (Å²) in [5.41, 5.74) is 0. The maximum absolute atomic E-state index is 2.99. The summed E-state index contributed by atoms with van der Waals surface area (Å²) in [6, 6.07) is 0. The van der Waals surface area contributed by atoms with Crippen LogP contribution in [0.3, 0.4) is 0 Å². The molecule has 10 heavy (non-hydrogen) atoms. The first kappa shape index (κ1) is 9.47. The Bertz CT molecular complexity index is 145. The van der Waals surface area contributed by atoms with Crippen LogP contribution in [-0.2, 0) is 16.8 Å². The van der Waals surface area contributed by atoms with Crippen LogP contribution in [0.5, 0.6) is 0 Å². The molecule has 0 aromatic carbocycles. The minimum atomic E-state index is 0. The van der Waals surface area contributed by atoms with Crippen molar-refractivity contribution in [3.63, 3.8) is 0 Å². The third-order valence-electron chi connectivity index (χ3n) is 1.03. The molecule has 2 aliphatic rings. The van der Waals surface area contributed by atoms with Crippen LogP contribution in [0.4, 0.5) is 0 Å². The fraction of sp³-hybridized carbons (Fsp3) is 0.111. The molecule has 0 heterocycles. The molecule has 0 aliphatic heterocycles. The van der Waals surface area contributed by atoms with Crippen LogP contribution >= 0.6 is 0 Å². The van der Waals surface area contributed by atoms with Crippen LogP contribution in [0.1, 0.15) is 6.42 Å². The van der Waals surface area contributed by atoms with E-state index in [1.165, 1.54) is 0 Å². The average Bonchev–Trinajstić information content (AvgIpc) is 2.07. The summed E-state index contributed by atoms with van der Waals surface area (Å²) in [6.45, 7) is 0. The first-order chi connectivity index (χ1) is 4.50. The Labute approximate surface area is 72.2 Å². The minimum absolute atomic E-state index is 0. The summed E-state index contributed by atoms with van der Waals surface area (Å²) in [6.07, 6.45) is 18.0. The Balaban J connectivity index is 0.000000150. The maximum Gasteiger partial charge on any atom is 0 e. The van der Waals surface area contributed by atoms with Crippen LogP contribution in [0, 0.1) is 6.08 Å². The largest absolute Gasteiger partial charge is 0.273 e. The molecule has 0 N–H and O–H groups in total. The first-order valence-electron chi connectivity index (χ1n) is 3.05. The Morgan fingerprint density at radius 2 is 1.50 bits per heavy atom. The van der Waals surface area contributed by atoms with Gasteiger partial charge in [0.15, 0.2) is 0 Å². The topological polar surface area (TPSA) is 0 Å². The van der Waals surface area contributed by atoms with Gasteiger partial charge in [0.2, 0.25) is 0 Å². The molecule has 0 bridgehead atoms. The summed E-state index contributed by atoms with van der Waals surface area (Å²) in [5, 5.41) is 0. The van der Waals surface area contributed by atoms with Crippen molar-refractivity contribution in [1.29, 1.82) is 0 Å². The third kappa shape index (κ3) is 4.36. The fourth-order valence-electron chi connectivity index (χ4n) is 0.451. The Hall–Kier alpha value is -0.534. The molecule has 1 radical (unpaired) electrons. The monoisotopic (exact) mass is 176 g/mol. The standard InChI is InChI=1S/C5H5.C4H4.Co/c1-2-4-5-3-1;1-2-4-3-1;/h1-3H,4H2;1-4H;/q-1;;. The van der Waals surface area contributed by atoms with Gasteiger partial charge >= 0.3 is 0 Å². The van der Waals surface area contributed by atoms with Crippen molar-refractivity contribution in [2.24, 2.45) is 0 Å². The Kier molecular flexibility index (Phi) is 6.23. The van der Waals surface area contributed by atoms with Crippen molar-refractivity contribution in [1.82, 2.24) is 0 Å². The van der Waals surface area contributed by atoms with E-state index in [-0.39, 0.29) is 16.8 Å². The van der Waals surface area contributed by atoms with Gasteiger partial charge in [0, 0.05) is 16.8 Å². The van der Waals surface area contributed by atoms with Crippen molar-refractivity contribution < 1.29 is 16.8 Å². The molecule has 55 valence electrons. The van der Waals surface area contributed by atoms with E-state index in [2.05, 4.69) is 12.2 Å². The van der Waals surface area contributed by atoms with Crippen LogP contribution in [0.25, 0.3) is 0 Å². The Morgan fingerprint density at radius 3 is 1.60 bits per heavy atom. The van der Waals surface area contributed by atoms with Gasteiger partial charge in [0.25, 0.3) is 0 Å². The van der Waals surface area contributed by atoms with E-state index in [0.717, 1.165) is 6.42 Å². The van der Waals surface area contributed by atoms with E-state index in [1.54, 1.807) is 0 Å². The number of rotatable bonds is 0.